The van der Waals surface area contributed by atoms with Crippen molar-refractivity contribution >= 4 is 35.6 Å². The number of rotatable bonds is 3. The summed E-state index contributed by atoms with van der Waals surface area (Å²) in [4.78, 5) is 4.40. The van der Waals surface area contributed by atoms with Gasteiger partial charge >= 0.3 is 0 Å². The van der Waals surface area contributed by atoms with Gasteiger partial charge in [-0.2, -0.15) is 0 Å². The number of hydrogen-bond donors (Lipinski definition) is 3. The van der Waals surface area contributed by atoms with Crippen LogP contribution in [0.25, 0.3) is 0 Å². The first kappa shape index (κ1) is 18.6. The predicted octanol–water partition coefficient (Wildman–Crippen LogP) is 4.12. The van der Waals surface area contributed by atoms with E-state index < -0.39 is 0 Å². The Balaban J connectivity index is 0.00000208. The molecule has 5 heteroatoms. The maximum Gasteiger partial charge on any atom is 0.193 e. The number of nitrogens with two attached hydrogens (primary N) is 1. The van der Waals surface area contributed by atoms with Crippen LogP contribution in [-0.4, -0.2) is 11.1 Å². The van der Waals surface area contributed by atoms with Gasteiger partial charge in [-0.25, -0.2) is 4.99 Å². The zero-order chi connectivity index (χ0) is 16.2. The molecule has 1 aliphatic rings. The molecular formula is C19H24IN3O. The third-order valence-electron chi connectivity index (χ3n) is 4.36. The molecule has 0 unspecified atom stereocenters. The Morgan fingerprint density at radius 1 is 1.12 bits per heavy atom. The van der Waals surface area contributed by atoms with Crippen molar-refractivity contribution in [1.82, 2.24) is 0 Å². The van der Waals surface area contributed by atoms with Crippen LogP contribution in [0.4, 0.5) is 5.69 Å². The molecule has 4 N–H and O–H groups in total. The highest BCUT2D eigenvalue weighted by atomic mass is 127. The summed E-state index contributed by atoms with van der Waals surface area (Å²) in [6, 6.07) is 11.8. The Hall–Kier alpha value is -1.76. The molecule has 2 aromatic rings. The number of anilines is 1. The standard InChI is InChI=1S/C19H23N3O.HI/c1-13-6-9-15(10-7-13)22-19(20)21-12-17-16-5-3-2-4-14(16)8-11-18(17)23;/h6-11,23H,2-5,12H2,1H3,(H3,20,21,22);1H. The molecule has 2 aromatic carbocycles. The van der Waals surface area contributed by atoms with Gasteiger partial charge < -0.3 is 16.2 Å². The number of nitrogens with one attached hydrogen (secondary N) is 1. The van der Waals surface area contributed by atoms with Crippen molar-refractivity contribution in [2.75, 3.05) is 5.32 Å². The molecule has 0 spiro atoms. The molecule has 0 saturated heterocycles. The molecule has 0 aliphatic heterocycles. The van der Waals surface area contributed by atoms with Gasteiger partial charge in [-0.1, -0.05) is 23.8 Å². The Morgan fingerprint density at radius 2 is 1.83 bits per heavy atom. The highest BCUT2D eigenvalue weighted by Gasteiger charge is 2.16. The fourth-order valence-electron chi connectivity index (χ4n) is 3.06. The van der Waals surface area contributed by atoms with Crippen LogP contribution in [0, 0.1) is 6.92 Å². The van der Waals surface area contributed by atoms with E-state index in [1.54, 1.807) is 6.07 Å². The van der Waals surface area contributed by atoms with Gasteiger partial charge in [0.05, 0.1) is 6.54 Å². The van der Waals surface area contributed by atoms with Crippen LogP contribution >= 0.6 is 24.0 Å². The third-order valence-corrected chi connectivity index (χ3v) is 4.36. The van der Waals surface area contributed by atoms with Crippen LogP contribution in [0.1, 0.15) is 35.1 Å². The normalized spacial score (nSPS) is 13.8. The Labute approximate surface area is 160 Å². The molecule has 0 radical (unpaired) electrons. The number of aryl methyl sites for hydroxylation is 2. The zero-order valence-corrected chi connectivity index (χ0v) is 16.2. The van der Waals surface area contributed by atoms with Gasteiger partial charge in [0, 0.05) is 11.3 Å². The molecule has 128 valence electrons. The van der Waals surface area contributed by atoms with Crippen LogP contribution in [-0.2, 0) is 19.4 Å². The molecule has 4 nitrogen and oxygen atoms in total. The smallest absolute Gasteiger partial charge is 0.193 e. The molecule has 3 rings (SSSR count). The monoisotopic (exact) mass is 437 g/mol. The molecule has 0 atom stereocenters. The van der Waals surface area contributed by atoms with Gasteiger partial charge in [-0.3, -0.25) is 0 Å². The summed E-state index contributed by atoms with van der Waals surface area (Å²) in [6.07, 6.45) is 4.49. The van der Waals surface area contributed by atoms with Crippen molar-refractivity contribution in [3.63, 3.8) is 0 Å². The lowest BCUT2D eigenvalue weighted by Crippen LogP contribution is -2.22. The summed E-state index contributed by atoms with van der Waals surface area (Å²) in [6.45, 7) is 2.45. The second-order valence-corrected chi connectivity index (χ2v) is 6.10. The van der Waals surface area contributed by atoms with E-state index >= 15 is 0 Å². The van der Waals surface area contributed by atoms with E-state index in [0.717, 1.165) is 24.1 Å². The summed E-state index contributed by atoms with van der Waals surface area (Å²) in [5.74, 6) is 0.680. The van der Waals surface area contributed by atoms with Gasteiger partial charge in [0.25, 0.3) is 0 Å². The molecular weight excluding hydrogens is 413 g/mol. The molecule has 0 amide bonds. The molecule has 0 heterocycles. The summed E-state index contributed by atoms with van der Waals surface area (Å²) >= 11 is 0. The fraction of sp³-hybridized carbons (Fsp3) is 0.316. The first-order chi connectivity index (χ1) is 11.1. The van der Waals surface area contributed by atoms with E-state index in [0.29, 0.717) is 18.3 Å². The average molecular weight is 437 g/mol. The second kappa shape index (κ2) is 8.37. The first-order valence-corrected chi connectivity index (χ1v) is 8.09. The van der Waals surface area contributed by atoms with Crippen LogP contribution in [0.2, 0.25) is 0 Å². The number of phenols is 1. The number of guanidine groups is 1. The van der Waals surface area contributed by atoms with Crippen LogP contribution in [0.15, 0.2) is 41.4 Å². The lowest BCUT2D eigenvalue weighted by molar-refractivity contribution is 0.465. The molecule has 24 heavy (non-hydrogen) atoms. The average Bonchev–Trinajstić information content (AvgIpc) is 2.56. The fourth-order valence-corrected chi connectivity index (χ4v) is 3.06. The van der Waals surface area contributed by atoms with E-state index in [2.05, 4.69) is 10.3 Å². The molecule has 0 bridgehead atoms. The number of phenolic OH excluding ortho intramolecular Hbond substituents is 1. The maximum atomic E-state index is 10.2. The van der Waals surface area contributed by atoms with Gasteiger partial charge in [0.1, 0.15) is 5.75 Å². The third kappa shape index (κ3) is 4.41. The first-order valence-electron chi connectivity index (χ1n) is 8.09. The van der Waals surface area contributed by atoms with Crippen LogP contribution < -0.4 is 11.1 Å². The lowest BCUT2D eigenvalue weighted by Gasteiger charge is -2.19. The number of halogens is 1. The molecule has 1 aliphatic carbocycles. The largest absolute Gasteiger partial charge is 0.508 e. The maximum absolute atomic E-state index is 10.2. The highest BCUT2D eigenvalue weighted by molar-refractivity contribution is 14.0. The van der Waals surface area contributed by atoms with E-state index in [1.165, 1.54) is 29.5 Å². The minimum absolute atomic E-state index is 0. The number of hydrogen-bond acceptors (Lipinski definition) is 2. The van der Waals surface area contributed by atoms with Crippen molar-refractivity contribution in [2.24, 2.45) is 10.7 Å². The van der Waals surface area contributed by atoms with Crippen molar-refractivity contribution < 1.29 is 5.11 Å². The predicted molar refractivity (Wildman–Crippen MR) is 110 cm³/mol. The van der Waals surface area contributed by atoms with Gasteiger partial charge in [0.15, 0.2) is 5.96 Å². The minimum Gasteiger partial charge on any atom is -0.508 e. The molecule has 0 aromatic heterocycles. The Bertz CT molecular complexity index is 726. The van der Waals surface area contributed by atoms with E-state index in [1.807, 2.05) is 37.3 Å². The summed E-state index contributed by atoms with van der Waals surface area (Å²) < 4.78 is 0. The molecule has 0 saturated carbocycles. The SMILES string of the molecule is Cc1ccc(NC(N)=NCc2c(O)ccc3c2CCCC3)cc1.I. The van der Waals surface area contributed by atoms with E-state index in [-0.39, 0.29) is 24.0 Å². The Morgan fingerprint density at radius 3 is 2.58 bits per heavy atom. The highest BCUT2D eigenvalue weighted by Crippen LogP contribution is 2.31. The van der Waals surface area contributed by atoms with Crippen LogP contribution in [0.5, 0.6) is 5.75 Å². The van der Waals surface area contributed by atoms with Crippen molar-refractivity contribution in [3.05, 3.63) is 58.7 Å². The number of nitrogens with zero attached hydrogens (tertiary/aromatic N) is 1. The van der Waals surface area contributed by atoms with Gasteiger partial charge in [-0.05, 0) is 61.9 Å². The number of aliphatic imine (C=N–C) groups is 1. The molecule has 0 fully saturated rings. The lowest BCUT2D eigenvalue weighted by atomic mass is 9.88. The Kier molecular flexibility index (Phi) is 6.48. The minimum atomic E-state index is 0. The number of fused-ring (bicyclic) bond motifs is 1. The van der Waals surface area contributed by atoms with Crippen molar-refractivity contribution in [3.8, 4) is 5.75 Å². The van der Waals surface area contributed by atoms with Crippen molar-refractivity contribution in [2.45, 2.75) is 39.2 Å². The summed E-state index contributed by atoms with van der Waals surface area (Å²) in [5.41, 5.74) is 11.6. The quantitative estimate of drug-likeness (QED) is 0.384. The van der Waals surface area contributed by atoms with Crippen LogP contribution in [0.3, 0.4) is 0 Å². The summed E-state index contributed by atoms with van der Waals surface area (Å²) in [5, 5.41) is 13.3. The van der Waals surface area contributed by atoms with Crippen molar-refractivity contribution in [1.29, 1.82) is 0 Å². The second-order valence-electron chi connectivity index (χ2n) is 6.10. The number of aromatic hydroxyl groups is 1. The van der Waals surface area contributed by atoms with E-state index in [4.69, 9.17) is 5.73 Å². The zero-order valence-electron chi connectivity index (χ0n) is 13.9. The topological polar surface area (TPSA) is 70.6 Å². The van der Waals surface area contributed by atoms with Gasteiger partial charge in [-0.15, -0.1) is 24.0 Å². The van der Waals surface area contributed by atoms with Gasteiger partial charge in [0.2, 0.25) is 0 Å². The summed E-state index contributed by atoms with van der Waals surface area (Å²) in [7, 11) is 0. The van der Waals surface area contributed by atoms with E-state index in [9.17, 15) is 5.11 Å². The number of benzene rings is 2.